The number of hydrogen-bond donors (Lipinski definition) is 1. The lowest BCUT2D eigenvalue weighted by Crippen LogP contribution is -2.43. The molecule has 2 heterocycles. The zero-order valence-corrected chi connectivity index (χ0v) is 12.1. The van der Waals surface area contributed by atoms with E-state index in [-0.39, 0.29) is 0 Å². The van der Waals surface area contributed by atoms with Crippen molar-refractivity contribution in [2.45, 2.75) is 13.8 Å². The lowest BCUT2D eigenvalue weighted by molar-refractivity contribution is 0.585. The van der Waals surface area contributed by atoms with Crippen LogP contribution in [-0.2, 0) is 0 Å². The highest BCUT2D eigenvalue weighted by molar-refractivity contribution is 6.31. The fraction of sp³-hybridized carbons (Fsp3) is 0.400. The Labute approximate surface area is 118 Å². The molecule has 0 atom stereocenters. The number of fused-ring (bicyclic) bond motifs is 1. The third kappa shape index (κ3) is 2.40. The van der Waals surface area contributed by atoms with Crippen LogP contribution in [0.25, 0.3) is 10.9 Å². The summed E-state index contributed by atoms with van der Waals surface area (Å²) in [4.78, 5) is 7.18. The second-order valence-electron chi connectivity index (χ2n) is 5.15. The number of piperazine rings is 1. The lowest BCUT2D eigenvalue weighted by Gasteiger charge is -2.29. The van der Waals surface area contributed by atoms with Gasteiger partial charge < -0.3 is 10.2 Å². The Hall–Kier alpha value is -1.32. The Morgan fingerprint density at radius 3 is 2.58 bits per heavy atom. The van der Waals surface area contributed by atoms with Gasteiger partial charge in [-0.15, -0.1) is 0 Å². The molecule has 0 saturated carbocycles. The van der Waals surface area contributed by atoms with E-state index < -0.39 is 0 Å². The van der Waals surface area contributed by atoms with E-state index in [0.717, 1.165) is 53.5 Å². The van der Waals surface area contributed by atoms with Gasteiger partial charge in [-0.25, -0.2) is 4.98 Å². The summed E-state index contributed by atoms with van der Waals surface area (Å²) in [6, 6.07) is 6.16. The van der Waals surface area contributed by atoms with Gasteiger partial charge in [0.15, 0.2) is 0 Å². The largest absolute Gasteiger partial charge is 0.354 e. The van der Waals surface area contributed by atoms with Gasteiger partial charge in [-0.3, -0.25) is 0 Å². The van der Waals surface area contributed by atoms with E-state index in [2.05, 4.69) is 30.1 Å². The number of aryl methyl sites for hydroxylation is 2. The van der Waals surface area contributed by atoms with Crippen molar-refractivity contribution in [3.8, 4) is 0 Å². The lowest BCUT2D eigenvalue weighted by atomic mass is 10.1. The maximum Gasteiger partial charge on any atom is 0.129 e. The Bertz CT molecular complexity index is 618. The van der Waals surface area contributed by atoms with E-state index >= 15 is 0 Å². The Balaban J connectivity index is 2.13. The van der Waals surface area contributed by atoms with Crippen molar-refractivity contribution in [3.05, 3.63) is 34.3 Å². The number of aromatic nitrogens is 1. The van der Waals surface area contributed by atoms with E-state index in [1.165, 1.54) is 5.56 Å². The van der Waals surface area contributed by atoms with Crippen LogP contribution in [0.5, 0.6) is 0 Å². The fourth-order valence-corrected chi connectivity index (χ4v) is 2.93. The number of rotatable bonds is 1. The number of nitrogens with zero attached hydrogens (tertiary/aromatic N) is 2. The molecule has 100 valence electrons. The van der Waals surface area contributed by atoms with Crippen molar-refractivity contribution < 1.29 is 0 Å². The molecule has 1 saturated heterocycles. The molecule has 2 aromatic rings. The SMILES string of the molecule is Cc1cc(N2CCNCC2)nc2c(C)cc(Cl)cc12. The van der Waals surface area contributed by atoms with Crippen molar-refractivity contribution in [1.29, 1.82) is 0 Å². The van der Waals surface area contributed by atoms with E-state index in [9.17, 15) is 0 Å². The molecule has 0 radical (unpaired) electrons. The monoisotopic (exact) mass is 275 g/mol. The second kappa shape index (κ2) is 4.99. The van der Waals surface area contributed by atoms with Crippen molar-refractivity contribution >= 4 is 28.3 Å². The van der Waals surface area contributed by atoms with Gasteiger partial charge in [0.25, 0.3) is 0 Å². The predicted octanol–water partition coefficient (Wildman–Crippen LogP) is 2.91. The van der Waals surface area contributed by atoms with Gasteiger partial charge in [-0.05, 0) is 43.2 Å². The zero-order chi connectivity index (χ0) is 13.4. The molecule has 1 aromatic heterocycles. The van der Waals surface area contributed by atoms with Crippen LogP contribution in [0.2, 0.25) is 5.02 Å². The summed E-state index contributed by atoms with van der Waals surface area (Å²) in [5.41, 5.74) is 3.45. The molecule has 1 aromatic carbocycles. The molecule has 0 unspecified atom stereocenters. The first kappa shape index (κ1) is 12.7. The highest BCUT2D eigenvalue weighted by Gasteiger charge is 2.14. The smallest absolute Gasteiger partial charge is 0.129 e. The van der Waals surface area contributed by atoms with Crippen LogP contribution in [0, 0.1) is 13.8 Å². The molecule has 3 rings (SSSR count). The van der Waals surface area contributed by atoms with E-state index in [4.69, 9.17) is 16.6 Å². The van der Waals surface area contributed by atoms with Crippen LogP contribution in [0.1, 0.15) is 11.1 Å². The van der Waals surface area contributed by atoms with Crippen molar-refractivity contribution in [3.63, 3.8) is 0 Å². The van der Waals surface area contributed by atoms with Gasteiger partial charge in [0, 0.05) is 36.6 Å². The maximum atomic E-state index is 6.14. The van der Waals surface area contributed by atoms with Crippen LogP contribution >= 0.6 is 11.6 Å². The summed E-state index contributed by atoms with van der Waals surface area (Å²) in [7, 11) is 0. The van der Waals surface area contributed by atoms with E-state index in [1.54, 1.807) is 0 Å². The Kier molecular flexibility index (Phi) is 3.33. The van der Waals surface area contributed by atoms with Crippen LogP contribution in [0.4, 0.5) is 5.82 Å². The fourth-order valence-electron chi connectivity index (χ4n) is 2.66. The molecular weight excluding hydrogens is 258 g/mol. The summed E-state index contributed by atoms with van der Waals surface area (Å²) >= 11 is 6.14. The number of pyridine rings is 1. The predicted molar refractivity (Wildman–Crippen MR) is 81.3 cm³/mol. The van der Waals surface area contributed by atoms with E-state index in [1.807, 2.05) is 12.1 Å². The van der Waals surface area contributed by atoms with Gasteiger partial charge in [-0.1, -0.05) is 11.6 Å². The van der Waals surface area contributed by atoms with Gasteiger partial charge in [0.2, 0.25) is 0 Å². The molecule has 19 heavy (non-hydrogen) atoms. The highest BCUT2D eigenvalue weighted by atomic mass is 35.5. The molecule has 1 aliphatic heterocycles. The van der Waals surface area contributed by atoms with Gasteiger partial charge in [0.1, 0.15) is 5.82 Å². The van der Waals surface area contributed by atoms with Crippen LogP contribution < -0.4 is 10.2 Å². The third-order valence-corrected chi connectivity index (χ3v) is 3.92. The molecular formula is C15H18ClN3. The van der Waals surface area contributed by atoms with Crippen LogP contribution in [0.15, 0.2) is 18.2 Å². The molecule has 0 bridgehead atoms. The summed E-state index contributed by atoms with van der Waals surface area (Å²) in [6.45, 7) is 8.29. The minimum Gasteiger partial charge on any atom is -0.354 e. The van der Waals surface area contributed by atoms with E-state index in [0.29, 0.717) is 0 Å². The zero-order valence-electron chi connectivity index (χ0n) is 11.3. The standard InChI is InChI=1S/C15H18ClN3/c1-10-8-14(19-5-3-17-4-6-19)18-15-11(2)7-12(16)9-13(10)15/h7-9,17H,3-6H2,1-2H3. The second-order valence-corrected chi connectivity index (χ2v) is 5.59. The number of anilines is 1. The molecule has 3 nitrogen and oxygen atoms in total. The molecule has 1 N–H and O–H groups in total. The summed E-state index contributed by atoms with van der Waals surface area (Å²) in [5, 5.41) is 5.31. The number of hydrogen-bond acceptors (Lipinski definition) is 3. The minimum absolute atomic E-state index is 0.782. The summed E-state index contributed by atoms with van der Waals surface area (Å²) in [5.74, 6) is 1.08. The summed E-state index contributed by atoms with van der Waals surface area (Å²) < 4.78 is 0. The van der Waals surface area contributed by atoms with Gasteiger partial charge in [0.05, 0.1) is 5.52 Å². The molecule has 0 aliphatic carbocycles. The molecule has 0 spiro atoms. The Morgan fingerprint density at radius 1 is 1.11 bits per heavy atom. The maximum absolute atomic E-state index is 6.14. The molecule has 1 fully saturated rings. The van der Waals surface area contributed by atoms with Crippen molar-refractivity contribution in [2.75, 3.05) is 31.1 Å². The first-order valence-electron chi connectivity index (χ1n) is 6.68. The minimum atomic E-state index is 0.782. The molecule has 0 amide bonds. The first-order chi connectivity index (χ1) is 9.15. The first-order valence-corrected chi connectivity index (χ1v) is 7.06. The van der Waals surface area contributed by atoms with Crippen molar-refractivity contribution in [1.82, 2.24) is 10.3 Å². The van der Waals surface area contributed by atoms with Crippen molar-refractivity contribution in [2.24, 2.45) is 0 Å². The van der Waals surface area contributed by atoms with Crippen LogP contribution in [0.3, 0.4) is 0 Å². The Morgan fingerprint density at radius 2 is 1.84 bits per heavy atom. The quantitative estimate of drug-likeness (QED) is 0.867. The average molecular weight is 276 g/mol. The number of halogens is 1. The molecule has 4 heteroatoms. The highest BCUT2D eigenvalue weighted by Crippen LogP contribution is 2.28. The normalized spacial score (nSPS) is 16.1. The summed E-state index contributed by atoms with van der Waals surface area (Å²) in [6.07, 6.45) is 0. The topological polar surface area (TPSA) is 28.2 Å². The molecule has 1 aliphatic rings. The third-order valence-electron chi connectivity index (χ3n) is 3.70. The van der Waals surface area contributed by atoms with Crippen LogP contribution in [-0.4, -0.2) is 31.2 Å². The average Bonchev–Trinajstić information content (AvgIpc) is 2.41. The number of nitrogens with one attached hydrogen (secondary N) is 1. The van der Waals surface area contributed by atoms with Gasteiger partial charge in [-0.2, -0.15) is 0 Å². The van der Waals surface area contributed by atoms with Gasteiger partial charge >= 0.3 is 0 Å². The number of benzene rings is 1.